The van der Waals surface area contributed by atoms with Crippen molar-refractivity contribution in [1.29, 1.82) is 0 Å². The number of piperidine rings is 1. The fourth-order valence-corrected chi connectivity index (χ4v) is 3.90. The summed E-state index contributed by atoms with van der Waals surface area (Å²) in [6, 6.07) is 8.29. The maximum atomic E-state index is 12.3. The maximum Gasteiger partial charge on any atom is 0.222 e. The highest BCUT2D eigenvalue weighted by atomic mass is 16.1. The molecule has 0 saturated carbocycles. The van der Waals surface area contributed by atoms with Crippen LogP contribution in [-0.4, -0.2) is 39.0 Å². The van der Waals surface area contributed by atoms with E-state index in [1.165, 1.54) is 5.69 Å². The predicted molar refractivity (Wildman–Crippen MR) is 97.0 cm³/mol. The van der Waals surface area contributed by atoms with Gasteiger partial charge in [-0.15, -0.1) is 0 Å². The minimum atomic E-state index is -0.149. The van der Waals surface area contributed by atoms with Crippen LogP contribution in [0.2, 0.25) is 0 Å². The highest BCUT2D eigenvalue weighted by molar-refractivity contribution is 5.79. The van der Waals surface area contributed by atoms with Crippen molar-refractivity contribution in [1.82, 2.24) is 19.8 Å². The Morgan fingerprint density at radius 1 is 1.24 bits per heavy atom. The molecule has 2 aliphatic heterocycles. The number of para-hydroxylation sites is 1. The molecule has 1 amide bonds. The van der Waals surface area contributed by atoms with Crippen LogP contribution in [-0.2, 0) is 24.9 Å². The molecule has 1 spiro atoms. The van der Waals surface area contributed by atoms with Crippen LogP contribution in [0.4, 0.5) is 5.69 Å². The number of amides is 1. The highest BCUT2D eigenvalue weighted by Gasteiger charge is 2.37. The van der Waals surface area contributed by atoms with E-state index in [1.54, 1.807) is 0 Å². The molecule has 0 unspecified atom stereocenters. The average molecular weight is 339 g/mol. The highest BCUT2D eigenvalue weighted by Crippen LogP contribution is 2.33. The topological polar surface area (TPSA) is 62.2 Å². The van der Waals surface area contributed by atoms with Crippen molar-refractivity contribution < 1.29 is 4.79 Å². The van der Waals surface area contributed by atoms with Crippen LogP contribution in [0.3, 0.4) is 0 Å². The number of carbonyl (C=O) groups excluding carboxylic acids is 1. The number of hydrogen-bond donors (Lipinski definition) is 2. The van der Waals surface area contributed by atoms with E-state index in [9.17, 15) is 4.79 Å². The standard InChI is InChI=1S/C19H25N5O/c1-23-14-20-12-16(23)13-24-8-6-19(7-9-24)10-18(25)21-11-15-4-2-3-5-17(15)22-19/h2-5,12,14,22H,6-11,13H2,1H3,(H,21,25). The number of nitrogens with one attached hydrogen (secondary N) is 2. The summed E-state index contributed by atoms with van der Waals surface area (Å²) in [4.78, 5) is 19.0. The molecule has 0 aliphatic carbocycles. The second-order valence-corrected chi connectivity index (χ2v) is 7.29. The monoisotopic (exact) mass is 339 g/mol. The Bertz CT molecular complexity index is 761. The van der Waals surface area contributed by atoms with Crippen LogP contribution in [0.25, 0.3) is 0 Å². The normalized spacial score (nSPS) is 20.3. The van der Waals surface area contributed by atoms with Crippen LogP contribution < -0.4 is 10.6 Å². The maximum absolute atomic E-state index is 12.3. The van der Waals surface area contributed by atoms with E-state index in [0.29, 0.717) is 13.0 Å². The Kier molecular flexibility index (Phi) is 4.21. The van der Waals surface area contributed by atoms with Gasteiger partial charge in [0.2, 0.25) is 5.91 Å². The van der Waals surface area contributed by atoms with Gasteiger partial charge in [-0.25, -0.2) is 4.98 Å². The zero-order valence-electron chi connectivity index (χ0n) is 14.7. The molecule has 4 rings (SSSR count). The van der Waals surface area contributed by atoms with E-state index >= 15 is 0 Å². The van der Waals surface area contributed by atoms with Gasteiger partial charge in [-0.3, -0.25) is 9.69 Å². The quantitative estimate of drug-likeness (QED) is 0.877. The van der Waals surface area contributed by atoms with Gasteiger partial charge in [0.05, 0.1) is 12.0 Å². The van der Waals surface area contributed by atoms with Crippen LogP contribution in [0.15, 0.2) is 36.8 Å². The van der Waals surface area contributed by atoms with Crippen LogP contribution in [0.1, 0.15) is 30.5 Å². The fraction of sp³-hybridized carbons (Fsp3) is 0.474. The molecule has 1 aromatic carbocycles. The number of hydrogen-bond acceptors (Lipinski definition) is 4. The van der Waals surface area contributed by atoms with E-state index in [2.05, 4.69) is 43.3 Å². The lowest BCUT2D eigenvalue weighted by molar-refractivity contribution is -0.122. The molecule has 1 aromatic heterocycles. The Labute approximate surface area is 148 Å². The molecule has 3 heterocycles. The average Bonchev–Trinajstić information content (AvgIpc) is 3.00. The number of carbonyl (C=O) groups is 1. The Hall–Kier alpha value is -2.34. The molecule has 6 nitrogen and oxygen atoms in total. The van der Waals surface area contributed by atoms with Gasteiger partial charge in [-0.2, -0.15) is 0 Å². The van der Waals surface area contributed by atoms with Crippen molar-refractivity contribution in [2.24, 2.45) is 7.05 Å². The lowest BCUT2D eigenvalue weighted by Crippen LogP contribution is -2.52. The fourth-order valence-electron chi connectivity index (χ4n) is 3.90. The van der Waals surface area contributed by atoms with Crippen molar-refractivity contribution in [3.8, 4) is 0 Å². The lowest BCUT2D eigenvalue weighted by atomic mass is 9.82. The number of rotatable bonds is 2. The number of anilines is 1. The summed E-state index contributed by atoms with van der Waals surface area (Å²) in [5, 5.41) is 6.79. The predicted octanol–water partition coefficient (Wildman–Crippen LogP) is 1.89. The first-order valence-electron chi connectivity index (χ1n) is 8.94. The Morgan fingerprint density at radius 2 is 2.04 bits per heavy atom. The van der Waals surface area contributed by atoms with Crippen molar-refractivity contribution >= 4 is 11.6 Å². The van der Waals surface area contributed by atoms with Gasteiger partial charge in [-0.05, 0) is 24.5 Å². The number of aromatic nitrogens is 2. The van der Waals surface area contributed by atoms with Gasteiger partial charge in [0, 0.05) is 57.1 Å². The third-order valence-corrected chi connectivity index (χ3v) is 5.51. The van der Waals surface area contributed by atoms with Crippen molar-refractivity contribution in [3.63, 3.8) is 0 Å². The molecule has 132 valence electrons. The third kappa shape index (κ3) is 3.39. The van der Waals surface area contributed by atoms with Crippen molar-refractivity contribution in [2.45, 2.75) is 37.9 Å². The van der Waals surface area contributed by atoms with Crippen molar-refractivity contribution in [2.75, 3.05) is 18.4 Å². The number of nitrogens with zero attached hydrogens (tertiary/aromatic N) is 3. The summed E-state index contributed by atoms with van der Waals surface area (Å²) < 4.78 is 2.07. The number of benzene rings is 1. The van der Waals surface area contributed by atoms with E-state index in [-0.39, 0.29) is 11.4 Å². The third-order valence-electron chi connectivity index (χ3n) is 5.51. The van der Waals surface area contributed by atoms with E-state index in [1.807, 2.05) is 25.6 Å². The molecule has 1 fully saturated rings. The Morgan fingerprint density at radius 3 is 2.80 bits per heavy atom. The zero-order chi connectivity index (χ0) is 17.3. The number of imidazole rings is 1. The van der Waals surface area contributed by atoms with E-state index in [4.69, 9.17) is 0 Å². The van der Waals surface area contributed by atoms with Gasteiger partial charge in [0.25, 0.3) is 0 Å². The molecular formula is C19H25N5O. The molecule has 0 bridgehead atoms. The molecule has 0 radical (unpaired) electrons. The largest absolute Gasteiger partial charge is 0.379 e. The molecule has 2 N–H and O–H groups in total. The first-order valence-corrected chi connectivity index (χ1v) is 8.94. The van der Waals surface area contributed by atoms with Gasteiger partial charge in [0.15, 0.2) is 0 Å². The van der Waals surface area contributed by atoms with Crippen LogP contribution in [0.5, 0.6) is 0 Å². The van der Waals surface area contributed by atoms with Gasteiger partial charge in [0.1, 0.15) is 0 Å². The second-order valence-electron chi connectivity index (χ2n) is 7.29. The van der Waals surface area contributed by atoms with E-state index in [0.717, 1.165) is 43.7 Å². The smallest absolute Gasteiger partial charge is 0.222 e. The molecule has 1 saturated heterocycles. The molecule has 2 aliphatic rings. The van der Waals surface area contributed by atoms with E-state index < -0.39 is 0 Å². The molecule has 6 heteroatoms. The summed E-state index contributed by atoms with van der Waals surface area (Å²) in [7, 11) is 2.03. The molecule has 2 aromatic rings. The first kappa shape index (κ1) is 16.1. The summed E-state index contributed by atoms with van der Waals surface area (Å²) >= 11 is 0. The summed E-state index contributed by atoms with van der Waals surface area (Å²) in [5.74, 6) is 0.141. The summed E-state index contributed by atoms with van der Waals surface area (Å²) in [6.07, 6.45) is 6.25. The Balaban J connectivity index is 1.49. The van der Waals surface area contributed by atoms with Gasteiger partial charge >= 0.3 is 0 Å². The number of fused-ring (bicyclic) bond motifs is 1. The zero-order valence-corrected chi connectivity index (χ0v) is 14.7. The van der Waals surface area contributed by atoms with Crippen molar-refractivity contribution in [3.05, 3.63) is 48.0 Å². The summed E-state index contributed by atoms with van der Waals surface area (Å²) in [6.45, 7) is 3.47. The van der Waals surface area contributed by atoms with Gasteiger partial charge in [-0.1, -0.05) is 18.2 Å². The first-order chi connectivity index (χ1) is 12.1. The van der Waals surface area contributed by atoms with Gasteiger partial charge < -0.3 is 15.2 Å². The molecule has 25 heavy (non-hydrogen) atoms. The lowest BCUT2D eigenvalue weighted by Gasteiger charge is -2.44. The minimum absolute atomic E-state index is 0.141. The SMILES string of the molecule is Cn1cncc1CN1CCC2(CC1)CC(=O)NCc1ccccc1N2. The summed E-state index contributed by atoms with van der Waals surface area (Å²) in [5.41, 5.74) is 3.39. The molecule has 0 atom stereocenters. The second kappa shape index (κ2) is 6.52. The van der Waals surface area contributed by atoms with Crippen LogP contribution in [0, 0.1) is 0 Å². The van der Waals surface area contributed by atoms with Crippen LogP contribution >= 0.6 is 0 Å². The minimum Gasteiger partial charge on any atom is -0.379 e. The number of aryl methyl sites for hydroxylation is 1. The molecular weight excluding hydrogens is 314 g/mol. The number of likely N-dealkylation sites (tertiary alicyclic amines) is 1.